The molecule has 1 heterocycles. The number of nitrogens with zero attached hydrogens (tertiary/aromatic N) is 1. The van der Waals surface area contributed by atoms with Gasteiger partial charge in [-0.2, -0.15) is 0 Å². The van der Waals surface area contributed by atoms with Gasteiger partial charge in [0.2, 0.25) is 0 Å². The van der Waals surface area contributed by atoms with Gasteiger partial charge in [-0.25, -0.2) is 4.57 Å². The predicted molar refractivity (Wildman–Crippen MR) is 53.1 cm³/mol. The summed E-state index contributed by atoms with van der Waals surface area (Å²) >= 11 is 0. The molecule has 14 heavy (non-hydrogen) atoms. The Morgan fingerprint density at radius 3 is 2.71 bits per heavy atom. The number of hydrogen-bond donors (Lipinski definition) is 2. The zero-order valence-corrected chi connectivity index (χ0v) is 7.94. The molecule has 0 atom stereocenters. The Kier molecular flexibility index (Phi) is 2.00. The molecule has 3 nitrogen and oxygen atoms in total. The second-order valence-corrected chi connectivity index (χ2v) is 3.21. The van der Waals surface area contributed by atoms with Crippen molar-refractivity contribution >= 4 is 10.8 Å². The van der Waals surface area contributed by atoms with Crippen molar-refractivity contribution in [1.82, 2.24) is 0 Å². The average molecular weight is 190 g/mol. The van der Waals surface area contributed by atoms with E-state index in [1.54, 1.807) is 6.07 Å². The summed E-state index contributed by atoms with van der Waals surface area (Å²) in [5, 5.41) is 20.5. The molecule has 0 aliphatic carbocycles. The van der Waals surface area contributed by atoms with Gasteiger partial charge in [0, 0.05) is 6.07 Å². The summed E-state index contributed by atoms with van der Waals surface area (Å²) < 4.78 is 1.95. The topological polar surface area (TPSA) is 44.3 Å². The first-order chi connectivity index (χ1) is 6.72. The van der Waals surface area contributed by atoms with E-state index in [-0.39, 0.29) is 11.5 Å². The highest BCUT2D eigenvalue weighted by molar-refractivity contribution is 5.88. The predicted octanol–water partition coefficient (Wildman–Crippen LogP) is 1.56. The minimum absolute atomic E-state index is 0.0506. The molecule has 0 fully saturated rings. The second-order valence-electron chi connectivity index (χ2n) is 3.21. The molecule has 1 aromatic carbocycles. The molecular weight excluding hydrogens is 178 g/mol. The fraction of sp³-hybridized carbons (Fsp3) is 0.182. The van der Waals surface area contributed by atoms with Crippen molar-refractivity contribution in [3.8, 4) is 11.5 Å². The zero-order chi connectivity index (χ0) is 10.1. The molecule has 0 radical (unpaired) electrons. The Morgan fingerprint density at radius 2 is 2.00 bits per heavy atom. The van der Waals surface area contributed by atoms with E-state index in [2.05, 4.69) is 0 Å². The van der Waals surface area contributed by atoms with Crippen LogP contribution in [0.15, 0.2) is 30.6 Å². The standard InChI is InChI=1S/C11H11NO2/c1-2-12-6-5-8-3-4-10(13)11(14)9(8)7-12/h3-7,13H,2H2,1H3/p+1. The summed E-state index contributed by atoms with van der Waals surface area (Å²) in [6.45, 7) is 2.86. The van der Waals surface area contributed by atoms with Crippen LogP contribution in [-0.4, -0.2) is 10.2 Å². The van der Waals surface area contributed by atoms with E-state index in [0.717, 1.165) is 11.9 Å². The fourth-order valence-electron chi connectivity index (χ4n) is 1.47. The van der Waals surface area contributed by atoms with E-state index in [4.69, 9.17) is 0 Å². The van der Waals surface area contributed by atoms with Gasteiger partial charge in [-0.05, 0) is 24.4 Å². The number of phenolic OH excluding ortho intramolecular Hbond substituents is 2. The number of benzene rings is 1. The lowest BCUT2D eigenvalue weighted by atomic mass is 10.1. The van der Waals surface area contributed by atoms with Gasteiger partial charge in [0.15, 0.2) is 23.9 Å². The van der Waals surface area contributed by atoms with Crippen LogP contribution < -0.4 is 4.57 Å². The lowest BCUT2D eigenvalue weighted by Gasteiger charge is -2.01. The average Bonchev–Trinajstić information content (AvgIpc) is 2.23. The monoisotopic (exact) mass is 190 g/mol. The number of fused-ring (bicyclic) bond motifs is 1. The van der Waals surface area contributed by atoms with Crippen molar-refractivity contribution in [2.24, 2.45) is 0 Å². The van der Waals surface area contributed by atoms with Gasteiger partial charge in [0.25, 0.3) is 0 Å². The first-order valence-electron chi connectivity index (χ1n) is 4.56. The first-order valence-corrected chi connectivity index (χ1v) is 4.56. The van der Waals surface area contributed by atoms with Crippen LogP contribution in [-0.2, 0) is 6.54 Å². The van der Waals surface area contributed by atoms with Crippen molar-refractivity contribution in [2.75, 3.05) is 0 Å². The van der Waals surface area contributed by atoms with Crippen molar-refractivity contribution in [2.45, 2.75) is 13.5 Å². The lowest BCUT2D eigenvalue weighted by molar-refractivity contribution is -0.692. The summed E-state index contributed by atoms with van der Waals surface area (Å²) in [6.07, 6.45) is 3.77. The van der Waals surface area contributed by atoms with Gasteiger partial charge in [-0.1, -0.05) is 0 Å². The van der Waals surface area contributed by atoms with Gasteiger partial charge >= 0.3 is 0 Å². The number of phenols is 2. The zero-order valence-electron chi connectivity index (χ0n) is 7.94. The van der Waals surface area contributed by atoms with Gasteiger partial charge in [0.1, 0.15) is 6.54 Å². The van der Waals surface area contributed by atoms with Crippen LogP contribution in [0.4, 0.5) is 0 Å². The number of aryl methyl sites for hydroxylation is 1. The smallest absolute Gasteiger partial charge is 0.180 e. The molecule has 2 N–H and O–H groups in total. The van der Waals surface area contributed by atoms with Crippen LogP contribution in [0.2, 0.25) is 0 Å². The molecule has 0 amide bonds. The van der Waals surface area contributed by atoms with Crippen molar-refractivity contribution in [3.63, 3.8) is 0 Å². The Labute approximate surface area is 81.9 Å². The summed E-state index contributed by atoms with van der Waals surface area (Å²) in [6, 6.07) is 5.19. The minimum atomic E-state index is -0.0775. The second kappa shape index (κ2) is 3.18. The largest absolute Gasteiger partial charge is 0.504 e. The highest BCUT2D eigenvalue weighted by Gasteiger charge is 2.08. The molecule has 0 saturated heterocycles. The molecule has 2 aromatic rings. The van der Waals surface area contributed by atoms with E-state index < -0.39 is 0 Å². The molecule has 0 aliphatic heterocycles. The maximum Gasteiger partial charge on any atom is 0.180 e. The van der Waals surface area contributed by atoms with E-state index in [0.29, 0.717) is 5.39 Å². The van der Waals surface area contributed by atoms with Crippen LogP contribution in [0, 0.1) is 0 Å². The maximum atomic E-state index is 9.61. The molecule has 0 aliphatic rings. The Balaban J connectivity index is 2.78. The third-order valence-corrected chi connectivity index (χ3v) is 2.34. The Morgan fingerprint density at radius 1 is 1.21 bits per heavy atom. The number of pyridine rings is 1. The third kappa shape index (κ3) is 1.27. The quantitative estimate of drug-likeness (QED) is 0.529. The molecule has 0 unspecified atom stereocenters. The number of aromatic hydroxyl groups is 2. The van der Waals surface area contributed by atoms with Crippen LogP contribution in [0.3, 0.4) is 0 Å². The Bertz CT molecular complexity index is 480. The van der Waals surface area contributed by atoms with E-state index in [1.165, 1.54) is 6.07 Å². The van der Waals surface area contributed by atoms with Crippen molar-refractivity contribution < 1.29 is 14.8 Å². The van der Waals surface area contributed by atoms with Crippen LogP contribution in [0.1, 0.15) is 6.92 Å². The molecule has 3 heteroatoms. The summed E-state index contributed by atoms with van der Waals surface area (Å²) in [7, 11) is 0. The fourth-order valence-corrected chi connectivity index (χ4v) is 1.47. The molecule has 72 valence electrons. The van der Waals surface area contributed by atoms with Gasteiger partial charge in [0.05, 0.1) is 5.39 Å². The van der Waals surface area contributed by atoms with Gasteiger partial charge < -0.3 is 10.2 Å². The molecular formula is C11H12NO2+. The maximum absolute atomic E-state index is 9.61. The molecule has 0 saturated carbocycles. The minimum Gasteiger partial charge on any atom is -0.504 e. The number of hydrogen-bond acceptors (Lipinski definition) is 2. The third-order valence-electron chi connectivity index (χ3n) is 2.34. The van der Waals surface area contributed by atoms with Crippen molar-refractivity contribution in [3.05, 3.63) is 30.6 Å². The number of aromatic nitrogens is 1. The first kappa shape index (κ1) is 8.81. The highest BCUT2D eigenvalue weighted by atomic mass is 16.3. The number of rotatable bonds is 1. The SMILES string of the molecule is CC[n+]1ccc2ccc(O)c(O)c2c1. The molecule has 1 aromatic heterocycles. The Hall–Kier alpha value is -1.77. The highest BCUT2D eigenvalue weighted by Crippen LogP contribution is 2.31. The van der Waals surface area contributed by atoms with Gasteiger partial charge in [-0.3, -0.25) is 0 Å². The summed E-state index contributed by atoms with van der Waals surface area (Å²) in [5.74, 6) is -0.128. The van der Waals surface area contributed by atoms with E-state index >= 15 is 0 Å². The van der Waals surface area contributed by atoms with Crippen molar-refractivity contribution in [1.29, 1.82) is 0 Å². The summed E-state index contributed by atoms with van der Waals surface area (Å²) in [5.41, 5.74) is 0. The molecule has 0 spiro atoms. The summed E-state index contributed by atoms with van der Waals surface area (Å²) in [4.78, 5) is 0. The van der Waals surface area contributed by atoms with Crippen LogP contribution >= 0.6 is 0 Å². The van der Waals surface area contributed by atoms with E-state index in [9.17, 15) is 10.2 Å². The van der Waals surface area contributed by atoms with Crippen LogP contribution in [0.5, 0.6) is 11.5 Å². The van der Waals surface area contributed by atoms with Crippen LogP contribution in [0.25, 0.3) is 10.8 Å². The lowest BCUT2D eigenvalue weighted by Crippen LogP contribution is -2.30. The van der Waals surface area contributed by atoms with E-state index in [1.807, 2.05) is 30.0 Å². The molecule has 0 bridgehead atoms. The normalized spacial score (nSPS) is 10.6. The van der Waals surface area contributed by atoms with Gasteiger partial charge in [-0.15, -0.1) is 0 Å². The molecule has 2 rings (SSSR count).